The number of thioether (sulfide) groups is 1. The summed E-state index contributed by atoms with van der Waals surface area (Å²) in [5.41, 5.74) is 3.89. The van der Waals surface area contributed by atoms with Gasteiger partial charge in [-0.2, -0.15) is 0 Å². The predicted octanol–water partition coefficient (Wildman–Crippen LogP) is 4.08. The second kappa shape index (κ2) is 4.99. The molecule has 0 aromatic heterocycles. The Labute approximate surface area is 116 Å². The zero-order valence-electron chi connectivity index (χ0n) is 10.7. The summed E-state index contributed by atoms with van der Waals surface area (Å²) in [6.07, 6.45) is 0.141. The first kappa shape index (κ1) is 12.7. The van der Waals surface area contributed by atoms with Gasteiger partial charge in [-0.3, -0.25) is 0 Å². The molecule has 0 aliphatic carbocycles. The van der Waals surface area contributed by atoms with Gasteiger partial charge in [0.1, 0.15) is 11.9 Å². The monoisotopic (exact) mass is 274 g/mol. The molecule has 0 radical (unpaired) electrons. The van der Waals surface area contributed by atoms with Crippen molar-refractivity contribution >= 4 is 11.8 Å². The maximum Gasteiger partial charge on any atom is 0.137 e. The van der Waals surface area contributed by atoms with Crippen molar-refractivity contribution in [3.05, 3.63) is 64.5 Å². The van der Waals surface area contributed by atoms with Crippen LogP contribution in [0.25, 0.3) is 0 Å². The molecule has 19 heavy (non-hydrogen) atoms. The number of hydrogen-bond donors (Lipinski definition) is 1. The second-order valence-corrected chi connectivity index (χ2v) is 5.68. The third kappa shape index (κ3) is 2.07. The molecule has 0 saturated heterocycles. The molecule has 2 aromatic carbocycles. The van der Waals surface area contributed by atoms with Crippen LogP contribution in [0.3, 0.4) is 0 Å². The van der Waals surface area contributed by atoms with Crippen molar-refractivity contribution in [1.82, 2.24) is 0 Å². The molecule has 0 spiro atoms. The van der Waals surface area contributed by atoms with E-state index in [-0.39, 0.29) is 5.82 Å². The Kier molecular flexibility index (Phi) is 3.33. The van der Waals surface area contributed by atoms with E-state index < -0.39 is 6.10 Å². The molecule has 1 N–H and O–H groups in total. The molecular weight excluding hydrogens is 259 g/mol. The largest absolute Gasteiger partial charge is 0.384 e. The fourth-order valence-electron chi connectivity index (χ4n) is 2.65. The fourth-order valence-corrected chi connectivity index (χ4v) is 3.75. The van der Waals surface area contributed by atoms with E-state index in [1.807, 2.05) is 24.3 Å². The van der Waals surface area contributed by atoms with Crippen molar-refractivity contribution in [1.29, 1.82) is 0 Å². The fraction of sp³-hybridized carbons (Fsp3) is 0.250. The van der Waals surface area contributed by atoms with Gasteiger partial charge in [0, 0.05) is 16.2 Å². The maximum absolute atomic E-state index is 13.9. The van der Waals surface area contributed by atoms with Crippen LogP contribution in [0.4, 0.5) is 4.39 Å². The quantitative estimate of drug-likeness (QED) is 0.845. The minimum atomic E-state index is -0.730. The van der Waals surface area contributed by atoms with Crippen LogP contribution < -0.4 is 0 Å². The lowest BCUT2D eigenvalue weighted by Crippen LogP contribution is -2.06. The maximum atomic E-state index is 13.9. The van der Waals surface area contributed by atoms with E-state index in [0.717, 1.165) is 23.1 Å². The topological polar surface area (TPSA) is 20.2 Å². The highest BCUT2D eigenvalue weighted by Gasteiger charge is 2.25. The van der Waals surface area contributed by atoms with E-state index >= 15 is 0 Å². The Hall–Kier alpha value is -1.32. The summed E-state index contributed by atoms with van der Waals surface area (Å²) in [6, 6.07) is 11.0. The van der Waals surface area contributed by atoms with E-state index in [2.05, 4.69) is 6.92 Å². The number of halogens is 1. The molecule has 0 bridgehead atoms. The van der Waals surface area contributed by atoms with Gasteiger partial charge in [-0.05, 0) is 29.2 Å². The molecular formula is C16H15FOS. The Bertz CT molecular complexity index is 624. The molecule has 1 unspecified atom stereocenters. The summed E-state index contributed by atoms with van der Waals surface area (Å²) in [7, 11) is 0. The average molecular weight is 274 g/mol. The van der Waals surface area contributed by atoms with Crippen molar-refractivity contribution in [3.63, 3.8) is 0 Å². The highest BCUT2D eigenvalue weighted by molar-refractivity contribution is 7.98. The minimum absolute atomic E-state index is 0.243. The van der Waals surface area contributed by atoms with Gasteiger partial charge in [0.25, 0.3) is 0 Å². The number of fused-ring (bicyclic) bond motifs is 2. The van der Waals surface area contributed by atoms with Crippen molar-refractivity contribution in [2.75, 3.05) is 0 Å². The van der Waals surface area contributed by atoms with Gasteiger partial charge < -0.3 is 5.11 Å². The van der Waals surface area contributed by atoms with Crippen LogP contribution >= 0.6 is 11.8 Å². The highest BCUT2D eigenvalue weighted by atomic mass is 32.2. The molecule has 1 atom stereocenters. The Morgan fingerprint density at radius 1 is 1.26 bits per heavy atom. The lowest BCUT2D eigenvalue weighted by Gasteiger charge is -2.17. The SMILES string of the molecule is CCc1cccc2c1C(O)c1cccc(F)c1SC2. The zero-order valence-corrected chi connectivity index (χ0v) is 11.5. The van der Waals surface area contributed by atoms with Crippen molar-refractivity contribution in [3.8, 4) is 0 Å². The first-order valence-corrected chi connectivity index (χ1v) is 7.41. The van der Waals surface area contributed by atoms with E-state index in [4.69, 9.17) is 0 Å². The second-order valence-electron chi connectivity index (χ2n) is 4.69. The molecule has 2 aromatic rings. The van der Waals surface area contributed by atoms with Crippen LogP contribution in [0.2, 0.25) is 0 Å². The van der Waals surface area contributed by atoms with Gasteiger partial charge in [0.05, 0.1) is 0 Å². The van der Waals surface area contributed by atoms with Gasteiger partial charge in [-0.15, -0.1) is 11.8 Å². The molecule has 1 aliphatic heterocycles. The predicted molar refractivity (Wildman–Crippen MR) is 75.8 cm³/mol. The lowest BCUT2D eigenvalue weighted by molar-refractivity contribution is 0.215. The number of benzene rings is 2. The molecule has 1 heterocycles. The summed E-state index contributed by atoms with van der Waals surface area (Å²) >= 11 is 1.47. The third-order valence-electron chi connectivity index (χ3n) is 3.61. The van der Waals surface area contributed by atoms with Gasteiger partial charge >= 0.3 is 0 Å². The number of rotatable bonds is 1. The van der Waals surface area contributed by atoms with Gasteiger partial charge in [-0.1, -0.05) is 37.3 Å². The van der Waals surface area contributed by atoms with Crippen molar-refractivity contribution in [2.24, 2.45) is 0 Å². The summed E-state index contributed by atoms with van der Waals surface area (Å²) in [4.78, 5) is 0.577. The molecule has 1 aliphatic rings. The average Bonchev–Trinajstić information content (AvgIpc) is 2.58. The summed E-state index contributed by atoms with van der Waals surface area (Å²) in [5, 5.41) is 10.6. The molecule has 0 fully saturated rings. The van der Waals surface area contributed by atoms with E-state index in [0.29, 0.717) is 16.2 Å². The summed E-state index contributed by atoms with van der Waals surface area (Å²) in [6.45, 7) is 2.08. The van der Waals surface area contributed by atoms with Crippen LogP contribution in [-0.2, 0) is 12.2 Å². The zero-order chi connectivity index (χ0) is 13.4. The Morgan fingerprint density at radius 2 is 2.05 bits per heavy atom. The summed E-state index contributed by atoms with van der Waals surface area (Å²) in [5.74, 6) is 0.459. The van der Waals surface area contributed by atoms with Gasteiger partial charge in [0.15, 0.2) is 0 Å². The highest BCUT2D eigenvalue weighted by Crippen LogP contribution is 2.41. The number of hydrogen-bond acceptors (Lipinski definition) is 2. The molecule has 98 valence electrons. The first-order valence-electron chi connectivity index (χ1n) is 6.42. The van der Waals surface area contributed by atoms with E-state index in [1.165, 1.54) is 17.8 Å². The molecule has 3 rings (SSSR count). The minimum Gasteiger partial charge on any atom is -0.384 e. The van der Waals surface area contributed by atoms with Crippen LogP contribution in [-0.4, -0.2) is 5.11 Å². The van der Waals surface area contributed by atoms with Crippen LogP contribution in [0.1, 0.15) is 35.3 Å². The smallest absolute Gasteiger partial charge is 0.137 e. The van der Waals surface area contributed by atoms with Crippen molar-refractivity contribution < 1.29 is 9.50 Å². The molecule has 0 amide bonds. The number of aliphatic hydroxyl groups is 1. The van der Waals surface area contributed by atoms with Gasteiger partial charge in [-0.25, -0.2) is 4.39 Å². The molecule has 0 saturated carbocycles. The normalized spacial score (nSPS) is 17.5. The van der Waals surface area contributed by atoms with Crippen LogP contribution in [0, 0.1) is 5.82 Å². The van der Waals surface area contributed by atoms with E-state index in [1.54, 1.807) is 6.07 Å². The van der Waals surface area contributed by atoms with Gasteiger partial charge in [0.2, 0.25) is 0 Å². The third-order valence-corrected chi connectivity index (χ3v) is 4.78. The van der Waals surface area contributed by atoms with Crippen LogP contribution in [0.15, 0.2) is 41.3 Å². The lowest BCUT2D eigenvalue weighted by atomic mass is 9.92. The van der Waals surface area contributed by atoms with E-state index in [9.17, 15) is 9.50 Å². The van der Waals surface area contributed by atoms with Crippen molar-refractivity contribution in [2.45, 2.75) is 30.1 Å². The summed E-state index contributed by atoms with van der Waals surface area (Å²) < 4.78 is 13.9. The molecule has 3 heteroatoms. The number of aliphatic hydroxyl groups excluding tert-OH is 1. The standard InChI is InChI=1S/C16H15FOS/c1-2-10-5-3-6-11-9-19-16-12(15(18)14(10)11)7-4-8-13(16)17/h3-8,15,18H,2,9H2,1H3. The number of aryl methyl sites for hydroxylation is 1. The Morgan fingerprint density at radius 3 is 2.84 bits per heavy atom. The molecule has 1 nitrogen and oxygen atoms in total. The first-order chi connectivity index (χ1) is 9.22. The van der Waals surface area contributed by atoms with Crippen LogP contribution in [0.5, 0.6) is 0 Å². The Balaban J connectivity index is 2.22.